The van der Waals surface area contributed by atoms with Gasteiger partial charge in [-0.05, 0) is 11.5 Å². The van der Waals surface area contributed by atoms with E-state index in [9.17, 15) is 4.79 Å². The largest absolute Gasteiger partial charge is 0.300 e. The van der Waals surface area contributed by atoms with Crippen molar-refractivity contribution >= 4 is 5.78 Å². The predicted octanol–water partition coefficient (Wildman–Crippen LogP) is 3.16. The number of Topliss-reactive ketones (excluding diaryl/α,β-unsaturated/α-hetero) is 1. The average molecular weight is 176 g/mol. The Morgan fingerprint density at radius 2 is 1.92 bits per heavy atom. The fourth-order valence-corrected chi connectivity index (χ4v) is 1.39. The first-order valence-corrected chi connectivity index (χ1v) is 4.80. The van der Waals surface area contributed by atoms with Crippen molar-refractivity contribution in [2.45, 2.75) is 32.6 Å². The van der Waals surface area contributed by atoms with E-state index in [0.29, 0.717) is 24.5 Å². The van der Waals surface area contributed by atoms with Gasteiger partial charge in [0.05, 0.1) is 0 Å². The van der Waals surface area contributed by atoms with Crippen molar-refractivity contribution < 1.29 is 4.79 Å². The molecule has 0 fully saturated rings. The Kier molecular flexibility index (Phi) is 3.69. The maximum absolute atomic E-state index is 11.2. The molecular weight excluding hydrogens is 160 g/mol. The zero-order chi connectivity index (χ0) is 9.68. The van der Waals surface area contributed by atoms with Crippen LogP contribution in [-0.4, -0.2) is 5.78 Å². The molecule has 0 heterocycles. The van der Waals surface area contributed by atoms with Gasteiger partial charge in [0, 0.05) is 12.8 Å². The Labute approximate surface area is 79.8 Å². The number of rotatable bonds is 4. The number of ketones is 1. The minimum Gasteiger partial charge on any atom is -0.300 e. The summed E-state index contributed by atoms with van der Waals surface area (Å²) in [5, 5.41) is 0. The quantitative estimate of drug-likeness (QED) is 0.688. The van der Waals surface area contributed by atoms with Gasteiger partial charge in [0.25, 0.3) is 0 Å². The molecule has 0 saturated carbocycles. The second-order valence-electron chi connectivity index (χ2n) is 3.41. The summed E-state index contributed by atoms with van der Waals surface area (Å²) < 4.78 is 0. The lowest BCUT2D eigenvalue weighted by Crippen LogP contribution is -2.02. The van der Waals surface area contributed by atoms with Crippen molar-refractivity contribution in [3.8, 4) is 0 Å². The molecule has 0 N–H and O–H groups in total. The number of hydrogen-bond donors (Lipinski definition) is 0. The molecule has 1 nitrogen and oxygen atoms in total. The molecule has 0 aliphatic rings. The van der Waals surface area contributed by atoms with E-state index in [1.165, 1.54) is 5.56 Å². The van der Waals surface area contributed by atoms with E-state index in [1.54, 1.807) is 0 Å². The molecule has 1 aromatic rings. The van der Waals surface area contributed by atoms with Crippen LogP contribution < -0.4 is 0 Å². The smallest absolute Gasteiger partial charge is 0.133 e. The lowest BCUT2D eigenvalue weighted by molar-refractivity contribution is -0.119. The van der Waals surface area contributed by atoms with Crippen LogP contribution in [0.4, 0.5) is 0 Å². The number of hydrogen-bond acceptors (Lipinski definition) is 1. The molecule has 1 aromatic carbocycles. The Hall–Kier alpha value is -1.11. The first-order chi connectivity index (χ1) is 6.24. The number of carbonyl (C=O) groups is 1. The number of carbonyl (C=O) groups excluding carboxylic acids is 1. The summed E-state index contributed by atoms with van der Waals surface area (Å²) in [6, 6.07) is 10.2. The zero-order valence-electron chi connectivity index (χ0n) is 8.29. The summed E-state index contributed by atoms with van der Waals surface area (Å²) in [6.45, 7) is 4.02. The average Bonchev–Trinajstić information content (AvgIpc) is 2.19. The summed E-state index contributed by atoms with van der Waals surface area (Å²) in [5.41, 5.74) is 1.25. The van der Waals surface area contributed by atoms with E-state index < -0.39 is 0 Å². The molecule has 0 bridgehead atoms. The van der Waals surface area contributed by atoms with Crippen molar-refractivity contribution in [3.63, 3.8) is 0 Å². The highest BCUT2D eigenvalue weighted by molar-refractivity contribution is 5.78. The van der Waals surface area contributed by atoms with Crippen LogP contribution in [0.2, 0.25) is 0 Å². The SMILES string of the molecule is CCC(=O)C[C@H](C)c1ccccc1. The standard InChI is InChI=1S/C12H16O/c1-3-12(13)9-10(2)11-7-5-4-6-8-11/h4-8,10H,3,9H2,1-2H3/t10-/m0/s1. The maximum atomic E-state index is 11.2. The molecule has 0 spiro atoms. The van der Waals surface area contributed by atoms with Crippen LogP contribution in [0.3, 0.4) is 0 Å². The van der Waals surface area contributed by atoms with Crippen molar-refractivity contribution in [2.75, 3.05) is 0 Å². The summed E-state index contributed by atoms with van der Waals surface area (Å²) in [5.74, 6) is 0.699. The van der Waals surface area contributed by atoms with Crippen LogP contribution in [0, 0.1) is 0 Å². The van der Waals surface area contributed by atoms with E-state index in [1.807, 2.05) is 25.1 Å². The Balaban J connectivity index is 2.59. The normalized spacial score (nSPS) is 12.5. The fraction of sp³-hybridized carbons (Fsp3) is 0.417. The van der Waals surface area contributed by atoms with Crippen LogP contribution in [0.15, 0.2) is 30.3 Å². The van der Waals surface area contributed by atoms with Crippen LogP contribution >= 0.6 is 0 Å². The van der Waals surface area contributed by atoms with E-state index in [2.05, 4.69) is 19.1 Å². The first kappa shape index (κ1) is 9.97. The van der Waals surface area contributed by atoms with Gasteiger partial charge in [-0.2, -0.15) is 0 Å². The van der Waals surface area contributed by atoms with Crippen molar-refractivity contribution in [1.82, 2.24) is 0 Å². The number of benzene rings is 1. The van der Waals surface area contributed by atoms with Gasteiger partial charge in [-0.25, -0.2) is 0 Å². The van der Waals surface area contributed by atoms with Crippen LogP contribution in [-0.2, 0) is 4.79 Å². The van der Waals surface area contributed by atoms with Crippen molar-refractivity contribution in [2.24, 2.45) is 0 Å². The second-order valence-corrected chi connectivity index (χ2v) is 3.41. The maximum Gasteiger partial charge on any atom is 0.133 e. The summed E-state index contributed by atoms with van der Waals surface area (Å²) in [6.07, 6.45) is 1.32. The van der Waals surface area contributed by atoms with Gasteiger partial charge in [-0.1, -0.05) is 44.2 Å². The van der Waals surface area contributed by atoms with Crippen LogP contribution in [0.5, 0.6) is 0 Å². The zero-order valence-corrected chi connectivity index (χ0v) is 8.29. The van der Waals surface area contributed by atoms with E-state index in [4.69, 9.17) is 0 Å². The Bertz CT molecular complexity index is 264. The molecule has 1 heteroatoms. The molecular formula is C12H16O. The third-order valence-corrected chi connectivity index (χ3v) is 2.30. The second kappa shape index (κ2) is 4.80. The van der Waals surface area contributed by atoms with E-state index >= 15 is 0 Å². The van der Waals surface area contributed by atoms with Crippen molar-refractivity contribution in [3.05, 3.63) is 35.9 Å². The molecule has 13 heavy (non-hydrogen) atoms. The third kappa shape index (κ3) is 3.02. The first-order valence-electron chi connectivity index (χ1n) is 4.80. The molecule has 1 rings (SSSR count). The highest BCUT2D eigenvalue weighted by atomic mass is 16.1. The molecule has 70 valence electrons. The monoisotopic (exact) mass is 176 g/mol. The van der Waals surface area contributed by atoms with Gasteiger partial charge in [-0.15, -0.1) is 0 Å². The molecule has 0 unspecified atom stereocenters. The Morgan fingerprint density at radius 3 is 2.46 bits per heavy atom. The van der Waals surface area contributed by atoms with E-state index in [-0.39, 0.29) is 0 Å². The molecule has 0 aliphatic heterocycles. The minimum absolute atomic E-state index is 0.344. The summed E-state index contributed by atoms with van der Waals surface area (Å²) >= 11 is 0. The summed E-state index contributed by atoms with van der Waals surface area (Å²) in [4.78, 5) is 11.2. The highest BCUT2D eigenvalue weighted by Gasteiger charge is 2.08. The van der Waals surface area contributed by atoms with Gasteiger partial charge >= 0.3 is 0 Å². The fourth-order valence-electron chi connectivity index (χ4n) is 1.39. The van der Waals surface area contributed by atoms with Crippen LogP contribution in [0.1, 0.15) is 38.2 Å². The van der Waals surface area contributed by atoms with Gasteiger partial charge in [0.15, 0.2) is 0 Å². The minimum atomic E-state index is 0.344. The Morgan fingerprint density at radius 1 is 1.31 bits per heavy atom. The molecule has 0 aliphatic carbocycles. The van der Waals surface area contributed by atoms with Gasteiger partial charge < -0.3 is 0 Å². The molecule has 0 aromatic heterocycles. The van der Waals surface area contributed by atoms with Crippen molar-refractivity contribution in [1.29, 1.82) is 0 Å². The van der Waals surface area contributed by atoms with Gasteiger partial charge in [0.1, 0.15) is 5.78 Å². The predicted molar refractivity (Wildman–Crippen MR) is 54.8 cm³/mol. The van der Waals surface area contributed by atoms with E-state index in [0.717, 1.165) is 0 Å². The lowest BCUT2D eigenvalue weighted by Gasteiger charge is -2.09. The van der Waals surface area contributed by atoms with Gasteiger partial charge in [-0.3, -0.25) is 4.79 Å². The lowest BCUT2D eigenvalue weighted by atomic mass is 9.95. The third-order valence-electron chi connectivity index (χ3n) is 2.30. The highest BCUT2D eigenvalue weighted by Crippen LogP contribution is 2.18. The van der Waals surface area contributed by atoms with Crippen LogP contribution in [0.25, 0.3) is 0 Å². The molecule has 0 saturated heterocycles. The molecule has 0 radical (unpaired) electrons. The summed E-state index contributed by atoms with van der Waals surface area (Å²) in [7, 11) is 0. The van der Waals surface area contributed by atoms with Gasteiger partial charge in [0.2, 0.25) is 0 Å². The molecule has 0 amide bonds. The topological polar surface area (TPSA) is 17.1 Å². The molecule has 1 atom stereocenters.